The molecule has 0 aliphatic carbocycles. The van der Waals surface area contributed by atoms with Crippen molar-refractivity contribution in [1.82, 2.24) is 9.48 Å². The normalized spacial score (nSPS) is 17.0. The molecular weight excluding hydrogens is 260 g/mol. The van der Waals surface area contributed by atoms with Crippen LogP contribution >= 0.6 is 22.7 Å². The van der Waals surface area contributed by atoms with Gasteiger partial charge in [0.05, 0.1) is 13.1 Å². The maximum absolute atomic E-state index is 2.55. The van der Waals surface area contributed by atoms with E-state index in [2.05, 4.69) is 50.6 Å². The molecule has 0 N–H and O–H groups in total. The van der Waals surface area contributed by atoms with Gasteiger partial charge in [-0.25, -0.2) is 4.58 Å². The molecule has 1 aromatic carbocycles. The van der Waals surface area contributed by atoms with E-state index in [1.165, 1.54) is 22.6 Å². The third-order valence-electron chi connectivity index (χ3n) is 3.27. The number of hydrogen-bond acceptors (Lipinski definition) is 3. The monoisotopic (exact) mass is 277 g/mol. The zero-order valence-electron chi connectivity index (χ0n) is 10.3. The Bertz CT molecular complexity index is 530. The molecular formula is C14H17N2S2+. The predicted molar refractivity (Wildman–Crippen MR) is 78.9 cm³/mol. The molecule has 1 aromatic heterocycles. The van der Waals surface area contributed by atoms with E-state index >= 15 is 0 Å². The van der Waals surface area contributed by atoms with Crippen LogP contribution in [0.1, 0.15) is 5.56 Å². The third kappa shape index (κ3) is 2.88. The van der Waals surface area contributed by atoms with Crippen molar-refractivity contribution in [2.75, 3.05) is 26.2 Å². The van der Waals surface area contributed by atoms with Crippen LogP contribution < -0.4 is 8.56 Å². The lowest BCUT2D eigenvalue weighted by Crippen LogP contribution is -2.46. The third-order valence-corrected chi connectivity index (χ3v) is 5.49. The zero-order valence-corrected chi connectivity index (χ0v) is 11.9. The summed E-state index contributed by atoms with van der Waals surface area (Å²) in [6.45, 7) is 5.73. The fourth-order valence-electron chi connectivity index (χ4n) is 2.28. The van der Waals surface area contributed by atoms with Gasteiger partial charge in [0.1, 0.15) is 0 Å². The minimum absolute atomic E-state index is 1.09. The molecule has 1 saturated heterocycles. The van der Waals surface area contributed by atoms with Gasteiger partial charge in [0.25, 0.3) is 0 Å². The Balaban J connectivity index is 1.63. The first-order valence-electron chi connectivity index (χ1n) is 6.28. The standard InChI is InChI=1S/C14H17N2S2/c1-2-4-13(5-3-1)12-15-6-8-16(9-7-15)14-17-10-11-18-14/h1-5,10-11H,6-9,12H2/q+1. The van der Waals surface area contributed by atoms with Crippen molar-refractivity contribution >= 4 is 22.7 Å². The average molecular weight is 277 g/mol. The van der Waals surface area contributed by atoms with E-state index in [1.807, 2.05) is 22.7 Å². The highest BCUT2D eigenvalue weighted by Gasteiger charge is 2.19. The molecule has 0 bridgehead atoms. The summed E-state index contributed by atoms with van der Waals surface area (Å²) >= 11 is 3.72. The molecule has 0 unspecified atom stereocenters. The molecule has 0 saturated carbocycles. The number of hydrogen-bond donors (Lipinski definition) is 0. The molecule has 3 rings (SSSR count). The summed E-state index contributed by atoms with van der Waals surface area (Å²) in [5, 5.41) is 4.35. The average Bonchev–Trinajstić information content (AvgIpc) is 2.95. The molecule has 4 heteroatoms. The van der Waals surface area contributed by atoms with Gasteiger partial charge in [-0.05, 0) is 5.56 Å². The van der Waals surface area contributed by atoms with Crippen LogP contribution in [0.15, 0.2) is 41.1 Å². The number of piperazine rings is 1. The summed E-state index contributed by atoms with van der Waals surface area (Å²) in [7, 11) is 0. The molecule has 1 aliphatic heterocycles. The highest BCUT2D eigenvalue weighted by atomic mass is 32.2. The molecule has 2 heterocycles. The van der Waals surface area contributed by atoms with Gasteiger partial charge >= 0.3 is 3.98 Å². The predicted octanol–water partition coefficient (Wildman–Crippen LogP) is 2.10. The van der Waals surface area contributed by atoms with Crippen molar-refractivity contribution in [2.45, 2.75) is 6.54 Å². The Morgan fingerprint density at radius 3 is 2.33 bits per heavy atom. The topological polar surface area (TPSA) is 6.25 Å². The van der Waals surface area contributed by atoms with E-state index in [0.717, 1.165) is 19.6 Å². The summed E-state index contributed by atoms with van der Waals surface area (Å²) in [5.74, 6) is 0. The van der Waals surface area contributed by atoms with E-state index in [9.17, 15) is 0 Å². The molecule has 1 aliphatic rings. The fraction of sp³-hybridized carbons (Fsp3) is 0.357. The lowest BCUT2D eigenvalue weighted by molar-refractivity contribution is 0.217. The molecule has 2 nitrogen and oxygen atoms in total. The Kier molecular flexibility index (Phi) is 3.88. The second kappa shape index (κ2) is 5.78. The van der Waals surface area contributed by atoms with Gasteiger partial charge in [0, 0.05) is 17.3 Å². The van der Waals surface area contributed by atoms with Crippen molar-refractivity contribution in [3.63, 3.8) is 0 Å². The molecule has 0 spiro atoms. The van der Waals surface area contributed by atoms with Crippen molar-refractivity contribution in [3.05, 3.63) is 50.6 Å². The van der Waals surface area contributed by atoms with Gasteiger partial charge in [-0.2, -0.15) is 0 Å². The van der Waals surface area contributed by atoms with Gasteiger partial charge in [-0.15, -0.1) is 0 Å². The highest BCUT2D eigenvalue weighted by molar-refractivity contribution is 7.24. The van der Waals surface area contributed by atoms with E-state index in [-0.39, 0.29) is 0 Å². The van der Waals surface area contributed by atoms with E-state index in [0.29, 0.717) is 0 Å². The van der Waals surface area contributed by atoms with Crippen LogP contribution in [-0.2, 0) is 6.54 Å². The smallest absolute Gasteiger partial charge is 0.287 e. The summed E-state index contributed by atoms with van der Waals surface area (Å²) in [4.78, 5) is 2.55. The molecule has 0 amide bonds. The second-order valence-corrected chi connectivity index (χ2v) is 6.57. The van der Waals surface area contributed by atoms with Crippen molar-refractivity contribution in [1.29, 1.82) is 0 Å². The molecule has 94 valence electrons. The van der Waals surface area contributed by atoms with Crippen molar-refractivity contribution < 1.29 is 0 Å². The first-order chi connectivity index (χ1) is 8.92. The van der Waals surface area contributed by atoms with E-state index in [1.54, 1.807) is 0 Å². The summed E-state index contributed by atoms with van der Waals surface area (Å²) in [6, 6.07) is 10.8. The lowest BCUT2D eigenvalue weighted by atomic mass is 10.2. The van der Waals surface area contributed by atoms with Crippen molar-refractivity contribution in [3.8, 4) is 0 Å². The molecule has 1 fully saturated rings. The van der Waals surface area contributed by atoms with Gasteiger partial charge in [0.15, 0.2) is 13.1 Å². The Labute approximate surface area is 115 Å². The van der Waals surface area contributed by atoms with Gasteiger partial charge in [-0.1, -0.05) is 53.0 Å². The molecule has 2 aromatic rings. The quantitative estimate of drug-likeness (QED) is 0.762. The maximum atomic E-state index is 2.55. The lowest BCUT2D eigenvalue weighted by Gasteiger charge is -2.24. The summed E-state index contributed by atoms with van der Waals surface area (Å²) in [6.07, 6.45) is 0. The first kappa shape index (κ1) is 12.1. The van der Waals surface area contributed by atoms with Crippen LogP contribution in [0.4, 0.5) is 0 Å². The molecule has 0 atom stereocenters. The molecule has 18 heavy (non-hydrogen) atoms. The Morgan fingerprint density at radius 1 is 1.00 bits per heavy atom. The fourth-order valence-corrected chi connectivity index (χ4v) is 4.18. The van der Waals surface area contributed by atoms with Crippen LogP contribution in [0.2, 0.25) is 0 Å². The van der Waals surface area contributed by atoms with E-state index in [4.69, 9.17) is 0 Å². The van der Waals surface area contributed by atoms with Crippen LogP contribution in [0.5, 0.6) is 0 Å². The molecule has 0 radical (unpaired) electrons. The van der Waals surface area contributed by atoms with Crippen LogP contribution in [0.3, 0.4) is 0 Å². The summed E-state index contributed by atoms with van der Waals surface area (Å²) < 4.78 is 3.96. The van der Waals surface area contributed by atoms with E-state index < -0.39 is 0 Å². The Hall–Kier alpha value is -0.970. The van der Waals surface area contributed by atoms with Gasteiger partial charge in [0.2, 0.25) is 0 Å². The van der Waals surface area contributed by atoms with Gasteiger partial charge in [-0.3, -0.25) is 4.90 Å². The number of nitrogens with zero attached hydrogens (tertiary/aromatic N) is 2. The zero-order chi connectivity index (χ0) is 12.2. The maximum Gasteiger partial charge on any atom is 0.313 e. The van der Waals surface area contributed by atoms with Crippen LogP contribution in [0.25, 0.3) is 0 Å². The minimum atomic E-state index is 1.09. The first-order valence-corrected chi connectivity index (χ1v) is 8.04. The van der Waals surface area contributed by atoms with Crippen LogP contribution in [-0.4, -0.2) is 31.1 Å². The number of benzene rings is 1. The highest BCUT2D eigenvalue weighted by Crippen LogP contribution is 2.06. The number of rotatable bonds is 2. The van der Waals surface area contributed by atoms with Gasteiger partial charge < -0.3 is 0 Å². The minimum Gasteiger partial charge on any atom is -0.287 e. The second-order valence-electron chi connectivity index (χ2n) is 4.52. The Morgan fingerprint density at radius 2 is 1.67 bits per heavy atom. The SMILES string of the molecule is c1ccc(CN2CC[N+](=c3sccs3)CC2)cc1. The summed E-state index contributed by atoms with van der Waals surface area (Å²) in [5.41, 5.74) is 1.42. The van der Waals surface area contributed by atoms with Crippen LogP contribution in [0, 0.1) is 0 Å². The van der Waals surface area contributed by atoms with Crippen molar-refractivity contribution in [2.24, 2.45) is 0 Å². The largest absolute Gasteiger partial charge is 0.313 e.